The van der Waals surface area contributed by atoms with Gasteiger partial charge in [0, 0.05) is 0 Å². The van der Waals surface area contributed by atoms with E-state index in [0.29, 0.717) is 0 Å². The van der Waals surface area contributed by atoms with Gasteiger partial charge in [0.25, 0.3) is 0 Å². The Hall–Kier alpha value is -0.790. The second kappa shape index (κ2) is 0.885. The molecule has 0 aliphatic carbocycles. The number of hydrogen-bond donors (Lipinski definition) is 0. The van der Waals surface area contributed by atoms with Crippen LogP contribution in [0.15, 0.2) is 21.4 Å². The van der Waals surface area contributed by atoms with E-state index in [1.54, 1.807) is 0 Å². The Labute approximate surface area is 29.0 Å². The minimum Gasteiger partial charge on any atom is -0.409 e. The van der Waals surface area contributed by atoms with Crippen molar-refractivity contribution >= 4 is 0 Å². The fourth-order valence-corrected chi connectivity index (χ4v) is 0.139. The molecule has 0 radical (unpaired) electrons. The molecular formula is C3H2O2. The number of rotatable bonds is 0. The lowest BCUT2D eigenvalue weighted by molar-refractivity contribution is 0.429. The molecule has 0 amide bonds. The van der Waals surface area contributed by atoms with E-state index in [9.17, 15) is 0 Å². The van der Waals surface area contributed by atoms with Gasteiger partial charge in [-0.15, -0.1) is 0 Å². The van der Waals surface area contributed by atoms with E-state index >= 15 is 0 Å². The highest BCUT2D eigenvalue weighted by Crippen LogP contribution is 1.78. The first-order valence-electron chi connectivity index (χ1n) is 1.21. The van der Waals surface area contributed by atoms with Crippen molar-refractivity contribution in [1.29, 1.82) is 0 Å². The molecule has 2 heteroatoms. The van der Waals surface area contributed by atoms with Gasteiger partial charge in [0.15, 0.2) is 0 Å². The summed E-state index contributed by atoms with van der Waals surface area (Å²) in [7, 11) is 0. The molecule has 0 aromatic carbocycles. The molecule has 0 fully saturated rings. The highest BCUT2D eigenvalue weighted by atomic mass is 16.5. The average molecular weight is 70.0 g/mol. The normalized spacial score (nSPS) is 8.00. The molecule has 1 aromatic heterocycles. The van der Waals surface area contributed by atoms with E-state index < -0.39 is 0 Å². The molecule has 0 N–H and O–H groups in total. The fraction of sp³-hybridized carbons (Fsp3) is 0. The predicted molar refractivity (Wildman–Crippen MR) is 14.2 cm³/mol. The molecule has 0 aliphatic heterocycles. The smallest absolute Gasteiger partial charge is 0.409 e. The third-order valence-electron chi connectivity index (χ3n) is 0.288. The Kier molecular flexibility index (Phi) is 0.433. The second-order valence-corrected chi connectivity index (χ2v) is 0.591. The third-order valence-corrected chi connectivity index (χ3v) is 0.288. The summed E-state index contributed by atoms with van der Waals surface area (Å²) in [5.41, 5.74) is 0. The Bertz CT molecular complexity index is 61.4. The van der Waals surface area contributed by atoms with Crippen LogP contribution < -0.4 is 0 Å². The van der Waals surface area contributed by atoms with E-state index in [0.717, 1.165) is 0 Å². The maximum atomic E-state index is 4.29. The van der Waals surface area contributed by atoms with E-state index in [1.165, 1.54) is 12.5 Å². The van der Waals surface area contributed by atoms with Gasteiger partial charge in [0.2, 0.25) is 0 Å². The van der Waals surface area contributed by atoms with Crippen LogP contribution in [0.4, 0.5) is 0 Å². The van der Waals surface area contributed by atoms with Crippen molar-refractivity contribution in [1.82, 2.24) is 0 Å². The van der Waals surface area contributed by atoms with E-state index in [4.69, 9.17) is 0 Å². The lowest BCUT2D eigenvalue weighted by Crippen LogP contribution is -1.20. The molecule has 2 nitrogen and oxygen atoms in total. The molecule has 26 valence electrons. The topological polar surface area (TPSA) is 24.4 Å². The summed E-state index contributed by atoms with van der Waals surface area (Å²) < 4.78 is 8.58. The van der Waals surface area contributed by atoms with Gasteiger partial charge in [-0.2, -0.15) is 0 Å². The minimum atomic E-state index is 1.40. The molecule has 0 unspecified atom stereocenters. The monoisotopic (exact) mass is 70.0 g/mol. The van der Waals surface area contributed by atoms with Crippen LogP contribution in [-0.4, -0.2) is 0 Å². The van der Waals surface area contributed by atoms with Crippen molar-refractivity contribution in [2.24, 2.45) is 0 Å². The van der Waals surface area contributed by atoms with Crippen LogP contribution in [0.5, 0.6) is 0 Å². The molecule has 1 rings (SSSR count). The van der Waals surface area contributed by atoms with E-state index in [2.05, 4.69) is 15.3 Å². The van der Waals surface area contributed by atoms with Crippen molar-refractivity contribution in [3.05, 3.63) is 19.0 Å². The maximum absolute atomic E-state index is 4.29. The SMILES string of the molecule is [c-]1occ[o+]1. The van der Waals surface area contributed by atoms with Crippen LogP contribution in [0.1, 0.15) is 0 Å². The molecule has 0 saturated heterocycles. The Balaban J connectivity index is 3.13. The summed E-state index contributed by atoms with van der Waals surface area (Å²) in [6.07, 6.45) is 2.81. The standard InChI is InChI=1S/C3H2O2/c1-2-5-3-4-1/h1-2H. The van der Waals surface area contributed by atoms with Gasteiger partial charge >= 0.3 is 6.46 Å². The zero-order valence-electron chi connectivity index (χ0n) is 2.47. The third kappa shape index (κ3) is 0.265. The van der Waals surface area contributed by atoms with Gasteiger partial charge in [-0.25, -0.2) is 0 Å². The van der Waals surface area contributed by atoms with Gasteiger partial charge in [-0.1, -0.05) is 0 Å². The molecule has 0 saturated carbocycles. The molecule has 0 atom stereocenters. The summed E-state index contributed by atoms with van der Waals surface area (Å²) >= 11 is 0. The van der Waals surface area contributed by atoms with Crippen LogP contribution >= 0.6 is 0 Å². The lowest BCUT2D eigenvalue weighted by Gasteiger charge is -1.40. The molecule has 5 heavy (non-hydrogen) atoms. The lowest BCUT2D eigenvalue weighted by atomic mass is 11.1. The van der Waals surface area contributed by atoms with Crippen molar-refractivity contribution in [3.63, 3.8) is 0 Å². The molecule has 0 bridgehead atoms. The molecule has 1 heterocycles. The average Bonchev–Trinajstić information content (AvgIpc) is 1.76. The predicted octanol–water partition coefficient (Wildman–Crippen LogP) is 0.954. The van der Waals surface area contributed by atoms with Gasteiger partial charge in [0.1, 0.15) is 12.5 Å². The van der Waals surface area contributed by atoms with Crippen molar-refractivity contribution in [3.8, 4) is 0 Å². The van der Waals surface area contributed by atoms with Gasteiger partial charge in [0.05, 0.1) is 0 Å². The number of hydrogen-bond acceptors (Lipinski definition) is 1. The first-order chi connectivity index (χ1) is 2.50. The first-order valence-corrected chi connectivity index (χ1v) is 1.21. The van der Waals surface area contributed by atoms with Crippen LogP contribution in [-0.2, 0) is 0 Å². The van der Waals surface area contributed by atoms with Gasteiger partial charge in [-0.3, -0.25) is 0 Å². The second-order valence-electron chi connectivity index (χ2n) is 0.591. The minimum absolute atomic E-state index is 1.40. The summed E-state index contributed by atoms with van der Waals surface area (Å²) in [6.45, 7) is 2.11. The Morgan fingerprint density at radius 2 is 2.80 bits per heavy atom. The summed E-state index contributed by atoms with van der Waals surface area (Å²) in [5.74, 6) is 0. The summed E-state index contributed by atoms with van der Waals surface area (Å²) in [6, 6.07) is 0. The first kappa shape index (κ1) is 2.45. The van der Waals surface area contributed by atoms with E-state index in [-0.39, 0.29) is 0 Å². The Morgan fingerprint density at radius 1 is 1.80 bits per heavy atom. The molecule has 0 spiro atoms. The fourth-order valence-electron chi connectivity index (χ4n) is 0.139. The van der Waals surface area contributed by atoms with Crippen molar-refractivity contribution in [2.75, 3.05) is 0 Å². The molecule has 0 aliphatic rings. The van der Waals surface area contributed by atoms with Crippen LogP contribution in [0.3, 0.4) is 0 Å². The van der Waals surface area contributed by atoms with Gasteiger partial charge in [-0.05, 0) is 0 Å². The summed E-state index contributed by atoms with van der Waals surface area (Å²) in [5, 5.41) is 0. The highest BCUT2D eigenvalue weighted by Gasteiger charge is 1.66. The Morgan fingerprint density at radius 3 is 3.00 bits per heavy atom. The van der Waals surface area contributed by atoms with Crippen molar-refractivity contribution < 1.29 is 8.83 Å². The van der Waals surface area contributed by atoms with Crippen molar-refractivity contribution in [2.45, 2.75) is 0 Å². The van der Waals surface area contributed by atoms with Crippen LogP contribution in [0, 0.1) is 6.46 Å². The zero-order valence-corrected chi connectivity index (χ0v) is 2.47. The maximum Gasteiger partial charge on any atom is 0.496 e. The highest BCUT2D eigenvalue weighted by molar-refractivity contribution is 4.46. The largest absolute Gasteiger partial charge is 0.496 e. The van der Waals surface area contributed by atoms with Crippen LogP contribution in [0.2, 0.25) is 0 Å². The zero-order chi connectivity index (χ0) is 3.54. The summed E-state index contributed by atoms with van der Waals surface area (Å²) in [4.78, 5) is 0. The van der Waals surface area contributed by atoms with Crippen LogP contribution in [0.25, 0.3) is 0 Å². The molecule has 1 aromatic rings. The van der Waals surface area contributed by atoms with Gasteiger partial charge < -0.3 is 8.83 Å². The van der Waals surface area contributed by atoms with E-state index in [1.807, 2.05) is 0 Å². The quantitative estimate of drug-likeness (QED) is 0.335. The molecular weight excluding hydrogens is 68.0 g/mol.